The number of ether oxygens (including phenoxy) is 1. The first-order valence-electron chi connectivity index (χ1n) is 15.3. The van der Waals surface area contributed by atoms with Gasteiger partial charge >= 0.3 is 16.4 Å². The van der Waals surface area contributed by atoms with Crippen molar-refractivity contribution in [3.63, 3.8) is 0 Å². The van der Waals surface area contributed by atoms with E-state index in [0.29, 0.717) is 36.4 Å². The lowest BCUT2D eigenvalue weighted by molar-refractivity contribution is -0.218. The van der Waals surface area contributed by atoms with E-state index in [0.717, 1.165) is 42.0 Å². The number of nitrogen functional groups attached to an aromatic ring is 1. The first-order chi connectivity index (χ1) is 23.7. The largest absolute Gasteiger partial charge is 0.489 e. The maximum atomic E-state index is 13.3. The van der Waals surface area contributed by atoms with Crippen LogP contribution in [-0.4, -0.2) is 115 Å². The van der Waals surface area contributed by atoms with Crippen LogP contribution >= 0.6 is 11.3 Å². The van der Waals surface area contributed by atoms with Gasteiger partial charge in [-0.25, -0.2) is 9.78 Å². The van der Waals surface area contributed by atoms with Crippen molar-refractivity contribution in [3.05, 3.63) is 47.1 Å². The molecule has 2 aliphatic rings. The summed E-state index contributed by atoms with van der Waals surface area (Å²) in [5.41, 5.74) is 10.9. The SMILES string of the molecule is CC1(C)[C@H](NC(=O)/C(=N\OC(COc2ccc(/C(C=NCC3CNC3)=C/NCCCN)cc2)C(=O)O)c2csc(N)n2)C(=O)N1OS(=O)(=O)O. The first-order valence-corrected chi connectivity index (χ1v) is 17.5. The molecule has 272 valence electrons. The summed E-state index contributed by atoms with van der Waals surface area (Å²) in [6.07, 6.45) is 2.76. The maximum absolute atomic E-state index is 13.3. The highest BCUT2D eigenvalue weighted by atomic mass is 32.3. The second-order valence-electron chi connectivity index (χ2n) is 11.7. The lowest BCUT2D eigenvalue weighted by Crippen LogP contribution is -2.76. The lowest BCUT2D eigenvalue weighted by Gasteiger charge is -2.50. The average Bonchev–Trinajstić information content (AvgIpc) is 3.47. The topological polar surface area (TPSA) is 282 Å². The predicted octanol–water partition coefficient (Wildman–Crippen LogP) is -0.612. The van der Waals surface area contributed by atoms with Gasteiger partial charge in [0.2, 0.25) is 0 Å². The number of thiazole rings is 1. The van der Waals surface area contributed by atoms with Crippen molar-refractivity contribution in [2.45, 2.75) is 38.0 Å². The highest BCUT2D eigenvalue weighted by Crippen LogP contribution is 2.33. The number of nitrogens with one attached hydrogen (secondary N) is 3. The molecule has 9 N–H and O–H groups in total. The Kier molecular flexibility index (Phi) is 12.8. The minimum atomic E-state index is -5.02. The van der Waals surface area contributed by atoms with Gasteiger partial charge in [-0.3, -0.25) is 19.1 Å². The van der Waals surface area contributed by atoms with Crippen LogP contribution in [0.3, 0.4) is 0 Å². The fourth-order valence-electron chi connectivity index (χ4n) is 4.56. The van der Waals surface area contributed by atoms with Gasteiger partial charge in [-0.15, -0.1) is 15.6 Å². The van der Waals surface area contributed by atoms with Crippen LogP contribution in [0.4, 0.5) is 5.13 Å². The Bertz CT molecular complexity index is 1720. The van der Waals surface area contributed by atoms with Crippen LogP contribution in [0.15, 0.2) is 46.0 Å². The number of allylic oxidation sites excluding steroid dienone is 1. The Balaban J connectivity index is 1.43. The molecule has 2 atom stereocenters. The summed E-state index contributed by atoms with van der Waals surface area (Å²) in [7, 11) is -5.02. The smallest absolute Gasteiger partial charge is 0.418 e. The third kappa shape index (κ3) is 10.2. The first kappa shape index (κ1) is 38.1. The van der Waals surface area contributed by atoms with Gasteiger partial charge in [0.1, 0.15) is 24.1 Å². The van der Waals surface area contributed by atoms with Crippen LogP contribution in [0.25, 0.3) is 5.57 Å². The van der Waals surface area contributed by atoms with Crippen molar-refractivity contribution in [2.24, 2.45) is 21.8 Å². The maximum Gasteiger partial charge on any atom is 0.418 e. The zero-order chi connectivity index (χ0) is 36.5. The molecule has 4 rings (SSSR count). The average molecular weight is 738 g/mol. The summed E-state index contributed by atoms with van der Waals surface area (Å²) < 4.78 is 41.2. The molecule has 1 aromatic heterocycles. The van der Waals surface area contributed by atoms with Crippen LogP contribution in [-0.2, 0) is 33.9 Å². The van der Waals surface area contributed by atoms with E-state index < -0.39 is 58.2 Å². The molecule has 0 spiro atoms. The highest BCUT2D eigenvalue weighted by Gasteiger charge is 2.58. The summed E-state index contributed by atoms with van der Waals surface area (Å²) in [5, 5.41) is 24.1. The number of rotatable bonds is 19. The fourth-order valence-corrected chi connectivity index (χ4v) is 5.56. The minimum Gasteiger partial charge on any atom is -0.489 e. The summed E-state index contributed by atoms with van der Waals surface area (Å²) in [6.45, 7) is 6.05. The number of carboxylic acids is 1. The third-order valence-electron chi connectivity index (χ3n) is 7.48. The van der Waals surface area contributed by atoms with Crippen LogP contribution < -0.4 is 32.2 Å². The van der Waals surface area contributed by atoms with Crippen molar-refractivity contribution >= 4 is 62.2 Å². The van der Waals surface area contributed by atoms with Gasteiger partial charge in [-0.1, -0.05) is 17.3 Å². The summed E-state index contributed by atoms with van der Waals surface area (Å²) in [5.74, 6) is -2.64. The van der Waals surface area contributed by atoms with Gasteiger partial charge in [-0.05, 0) is 44.5 Å². The molecule has 19 nitrogen and oxygen atoms in total. The molecule has 2 saturated heterocycles. The Hall–Kier alpha value is -4.67. The Morgan fingerprint density at radius 3 is 2.56 bits per heavy atom. The molecule has 2 amide bonds. The second-order valence-corrected chi connectivity index (χ2v) is 13.6. The fraction of sp³-hybridized carbons (Fsp3) is 0.448. The lowest BCUT2D eigenvalue weighted by atomic mass is 9.84. The minimum absolute atomic E-state index is 0.0566. The number of hydrogen-bond acceptors (Lipinski definition) is 16. The number of carbonyl (C=O) groups is 3. The number of benzene rings is 1. The molecule has 1 aromatic carbocycles. The number of nitrogens with zero attached hydrogens (tertiary/aromatic N) is 4. The van der Waals surface area contributed by atoms with Crippen LogP contribution in [0.2, 0.25) is 0 Å². The number of aliphatic imine (C=N–C) groups is 1. The van der Waals surface area contributed by atoms with Gasteiger partial charge in [0.05, 0.1) is 5.54 Å². The number of hydrogen-bond donors (Lipinski definition) is 7. The number of aromatic nitrogens is 1. The van der Waals surface area contributed by atoms with Crippen molar-refractivity contribution in [3.8, 4) is 5.75 Å². The van der Waals surface area contributed by atoms with Gasteiger partial charge in [0.25, 0.3) is 17.9 Å². The number of hydroxylamine groups is 2. The molecule has 2 aliphatic heterocycles. The Morgan fingerprint density at radius 1 is 1.28 bits per heavy atom. The molecule has 50 heavy (non-hydrogen) atoms. The number of anilines is 1. The molecule has 0 bridgehead atoms. The predicted molar refractivity (Wildman–Crippen MR) is 182 cm³/mol. The molecule has 2 fully saturated rings. The number of oxime groups is 1. The molecule has 0 radical (unpaired) electrons. The summed E-state index contributed by atoms with van der Waals surface area (Å²) in [4.78, 5) is 51.6. The molecule has 0 saturated carbocycles. The number of carbonyl (C=O) groups excluding carboxylic acids is 2. The molecule has 1 unspecified atom stereocenters. The molecule has 0 aliphatic carbocycles. The monoisotopic (exact) mass is 737 g/mol. The third-order valence-corrected chi connectivity index (χ3v) is 8.49. The second kappa shape index (κ2) is 16.8. The van der Waals surface area contributed by atoms with E-state index in [1.54, 1.807) is 30.5 Å². The molecular weight excluding hydrogens is 699 g/mol. The van der Waals surface area contributed by atoms with E-state index in [2.05, 4.69) is 35.4 Å². The van der Waals surface area contributed by atoms with Crippen molar-refractivity contribution in [1.82, 2.24) is 26.0 Å². The van der Waals surface area contributed by atoms with Crippen LogP contribution in [0.1, 0.15) is 31.5 Å². The van der Waals surface area contributed by atoms with E-state index in [1.165, 1.54) is 19.2 Å². The molecule has 2 aromatic rings. The van der Waals surface area contributed by atoms with Crippen molar-refractivity contribution in [1.29, 1.82) is 0 Å². The summed E-state index contributed by atoms with van der Waals surface area (Å²) >= 11 is 0.958. The number of aliphatic carboxylic acids is 1. The van der Waals surface area contributed by atoms with Crippen molar-refractivity contribution in [2.75, 3.05) is 45.1 Å². The van der Waals surface area contributed by atoms with E-state index in [4.69, 9.17) is 25.6 Å². The van der Waals surface area contributed by atoms with Gasteiger partial charge in [-0.2, -0.15) is 13.5 Å². The van der Waals surface area contributed by atoms with Crippen molar-refractivity contribution < 1.29 is 46.3 Å². The number of carboxylic acid groups (broad SMARTS) is 1. The van der Waals surface area contributed by atoms with Gasteiger partial charge in [0, 0.05) is 55.5 Å². The number of β-lactam (4-membered cyclic amide) rings is 1. The normalized spacial score (nSPS) is 18.7. The van der Waals surface area contributed by atoms with Crippen LogP contribution in [0, 0.1) is 5.92 Å². The quantitative estimate of drug-likeness (QED) is 0.0311. The number of amides is 2. The highest BCUT2D eigenvalue weighted by molar-refractivity contribution is 7.80. The molecular formula is C29H39N9O10S2. The van der Waals surface area contributed by atoms with Gasteiger partial charge in [0.15, 0.2) is 10.8 Å². The molecule has 3 heterocycles. The standard InChI is InChI=1S/C29H39N9O10S2/c1-29(2)24(26(40)38(29)48-50(43,44)45)36-25(39)23(21-16-49-28(31)35-21)37-47-22(27(41)42)15-46-20-6-4-18(5-7-20)19(13-32-9-3-8-30)14-34-12-17-10-33-11-17/h4-7,13-14,16-17,22,24,32-33H,3,8-12,15,30H2,1-2H3,(H2,31,35)(H,36,39)(H,41,42)(H,43,44,45)/b19-13+,34-14?,37-23-/t22?,24-/m1/s1. The summed E-state index contributed by atoms with van der Waals surface area (Å²) in [6, 6.07) is 5.55. The van der Waals surface area contributed by atoms with E-state index in [9.17, 15) is 27.9 Å². The van der Waals surface area contributed by atoms with Gasteiger partial charge < -0.3 is 42.1 Å². The zero-order valence-corrected chi connectivity index (χ0v) is 28.8. The Labute approximate surface area is 291 Å². The Morgan fingerprint density at radius 2 is 2.00 bits per heavy atom. The van der Waals surface area contributed by atoms with E-state index in [-0.39, 0.29) is 10.8 Å². The number of nitrogens with two attached hydrogens (primary N) is 2. The van der Waals surface area contributed by atoms with Crippen LogP contribution in [0.5, 0.6) is 5.75 Å². The van der Waals surface area contributed by atoms with E-state index >= 15 is 0 Å². The van der Waals surface area contributed by atoms with E-state index in [1.807, 2.05) is 6.20 Å². The zero-order valence-electron chi connectivity index (χ0n) is 27.1. The molecule has 21 heteroatoms.